The Morgan fingerprint density at radius 1 is 1.44 bits per heavy atom. The van der Waals surface area contributed by atoms with Gasteiger partial charge in [-0.2, -0.15) is 0 Å². The number of ether oxygens (including phenoxy) is 1. The first kappa shape index (κ1) is 12.8. The van der Waals surface area contributed by atoms with Gasteiger partial charge in [0.2, 0.25) is 0 Å². The smallest absolute Gasteiger partial charge is 0.270 e. The third-order valence-corrected chi connectivity index (χ3v) is 2.81. The van der Waals surface area contributed by atoms with Gasteiger partial charge in [-0.1, -0.05) is 35.9 Å². The molecule has 2 aromatic rings. The predicted octanol–water partition coefficient (Wildman–Crippen LogP) is 2.26. The number of pyridine rings is 1. The Morgan fingerprint density at radius 3 is 3.00 bits per heavy atom. The molecule has 1 aromatic heterocycles. The van der Waals surface area contributed by atoms with E-state index >= 15 is 0 Å². The van der Waals surface area contributed by atoms with Gasteiger partial charge in [-0.25, -0.2) is 4.98 Å². The Bertz CT molecular complexity index is 572. The summed E-state index contributed by atoms with van der Waals surface area (Å²) in [6.45, 7) is 0.911. The minimum Gasteiger partial charge on any atom is -0.383 e. The van der Waals surface area contributed by atoms with Crippen LogP contribution in [-0.4, -0.2) is 31.2 Å². The van der Waals surface area contributed by atoms with E-state index in [9.17, 15) is 4.79 Å². The molecule has 0 aliphatic heterocycles. The number of amides is 1. The third kappa shape index (κ3) is 2.78. The SMILES string of the molecule is COCCNC(=O)c1cc2ccccc2c(Cl)n1. The average Bonchev–Trinajstić information content (AvgIpc) is 2.39. The van der Waals surface area contributed by atoms with Crippen LogP contribution in [0.2, 0.25) is 5.15 Å². The van der Waals surface area contributed by atoms with Crippen LogP contribution in [0.3, 0.4) is 0 Å². The minimum absolute atomic E-state index is 0.250. The van der Waals surface area contributed by atoms with Crippen molar-refractivity contribution in [1.29, 1.82) is 0 Å². The van der Waals surface area contributed by atoms with Crippen molar-refractivity contribution in [1.82, 2.24) is 10.3 Å². The topological polar surface area (TPSA) is 51.2 Å². The number of nitrogens with one attached hydrogen (secondary N) is 1. The van der Waals surface area contributed by atoms with Crippen LogP contribution >= 0.6 is 11.6 Å². The van der Waals surface area contributed by atoms with Crippen LogP contribution in [0, 0.1) is 0 Å². The van der Waals surface area contributed by atoms with E-state index in [-0.39, 0.29) is 5.91 Å². The molecule has 0 atom stereocenters. The standard InChI is InChI=1S/C13H13ClN2O2/c1-18-7-6-15-13(17)11-8-9-4-2-3-5-10(9)12(14)16-11/h2-5,8H,6-7H2,1H3,(H,15,17). The summed E-state index contributed by atoms with van der Waals surface area (Å²) in [6.07, 6.45) is 0. The minimum atomic E-state index is -0.250. The summed E-state index contributed by atoms with van der Waals surface area (Å²) in [5.74, 6) is -0.250. The molecule has 2 rings (SSSR count). The molecular formula is C13H13ClN2O2. The van der Waals surface area contributed by atoms with Crippen molar-refractivity contribution >= 4 is 28.3 Å². The fraction of sp³-hybridized carbons (Fsp3) is 0.231. The number of hydrogen-bond acceptors (Lipinski definition) is 3. The van der Waals surface area contributed by atoms with Gasteiger partial charge in [-0.3, -0.25) is 4.79 Å². The van der Waals surface area contributed by atoms with Gasteiger partial charge in [0, 0.05) is 19.0 Å². The van der Waals surface area contributed by atoms with E-state index in [0.29, 0.717) is 24.0 Å². The van der Waals surface area contributed by atoms with Crippen molar-refractivity contribution in [3.8, 4) is 0 Å². The lowest BCUT2D eigenvalue weighted by Gasteiger charge is -2.06. The van der Waals surface area contributed by atoms with Crippen LogP contribution in [-0.2, 0) is 4.74 Å². The van der Waals surface area contributed by atoms with E-state index in [1.165, 1.54) is 0 Å². The second kappa shape index (κ2) is 5.80. The molecule has 5 heteroatoms. The number of methoxy groups -OCH3 is 1. The second-order valence-electron chi connectivity index (χ2n) is 3.77. The Kier molecular flexibility index (Phi) is 4.12. The van der Waals surface area contributed by atoms with Crippen molar-refractivity contribution in [2.24, 2.45) is 0 Å². The molecule has 0 spiro atoms. The van der Waals surface area contributed by atoms with E-state index in [1.54, 1.807) is 13.2 Å². The fourth-order valence-electron chi connectivity index (χ4n) is 1.63. The van der Waals surface area contributed by atoms with Crippen molar-refractivity contribution in [2.75, 3.05) is 20.3 Å². The average molecular weight is 265 g/mol. The van der Waals surface area contributed by atoms with Gasteiger partial charge >= 0.3 is 0 Å². The van der Waals surface area contributed by atoms with Crippen LogP contribution in [0.25, 0.3) is 10.8 Å². The van der Waals surface area contributed by atoms with Gasteiger partial charge in [0.15, 0.2) is 0 Å². The lowest BCUT2D eigenvalue weighted by atomic mass is 10.1. The maximum Gasteiger partial charge on any atom is 0.270 e. The first-order valence-electron chi connectivity index (χ1n) is 5.55. The quantitative estimate of drug-likeness (QED) is 0.681. The summed E-state index contributed by atoms with van der Waals surface area (Å²) >= 11 is 6.05. The summed E-state index contributed by atoms with van der Waals surface area (Å²) in [4.78, 5) is 15.9. The third-order valence-electron chi connectivity index (χ3n) is 2.52. The molecule has 94 valence electrons. The van der Waals surface area contributed by atoms with Gasteiger partial charge in [0.25, 0.3) is 5.91 Å². The summed E-state index contributed by atoms with van der Waals surface area (Å²) in [5.41, 5.74) is 0.315. The van der Waals surface area contributed by atoms with E-state index < -0.39 is 0 Å². The molecule has 0 unspecified atom stereocenters. The van der Waals surface area contributed by atoms with Gasteiger partial charge in [0.1, 0.15) is 10.8 Å². The summed E-state index contributed by atoms with van der Waals surface area (Å²) in [5, 5.41) is 4.78. The van der Waals surface area contributed by atoms with E-state index in [1.807, 2.05) is 24.3 Å². The molecule has 0 saturated carbocycles. The molecule has 1 heterocycles. The number of halogens is 1. The van der Waals surface area contributed by atoms with Crippen LogP contribution < -0.4 is 5.32 Å². The number of hydrogen-bond donors (Lipinski definition) is 1. The molecule has 4 nitrogen and oxygen atoms in total. The Balaban J connectivity index is 2.26. The normalized spacial score (nSPS) is 10.6. The fourth-order valence-corrected chi connectivity index (χ4v) is 1.89. The molecule has 0 bridgehead atoms. The molecular weight excluding hydrogens is 252 g/mol. The number of carbonyl (C=O) groups is 1. The van der Waals surface area contributed by atoms with Crippen molar-refractivity contribution in [3.05, 3.63) is 41.2 Å². The van der Waals surface area contributed by atoms with Crippen molar-refractivity contribution < 1.29 is 9.53 Å². The molecule has 0 saturated heterocycles. The molecule has 1 amide bonds. The number of carbonyl (C=O) groups excluding carboxylic acids is 1. The monoisotopic (exact) mass is 264 g/mol. The summed E-state index contributed by atoms with van der Waals surface area (Å²) in [7, 11) is 1.58. The highest BCUT2D eigenvalue weighted by Gasteiger charge is 2.10. The van der Waals surface area contributed by atoms with E-state index in [0.717, 1.165) is 10.8 Å². The largest absolute Gasteiger partial charge is 0.383 e. The first-order chi connectivity index (χ1) is 8.72. The van der Waals surface area contributed by atoms with Crippen molar-refractivity contribution in [2.45, 2.75) is 0 Å². The lowest BCUT2D eigenvalue weighted by Crippen LogP contribution is -2.27. The van der Waals surface area contributed by atoms with Gasteiger partial charge in [0.05, 0.1) is 6.61 Å². The molecule has 18 heavy (non-hydrogen) atoms. The highest BCUT2D eigenvalue weighted by atomic mass is 35.5. The predicted molar refractivity (Wildman–Crippen MR) is 71.0 cm³/mol. The zero-order chi connectivity index (χ0) is 13.0. The van der Waals surface area contributed by atoms with E-state index in [4.69, 9.17) is 16.3 Å². The number of benzene rings is 1. The summed E-state index contributed by atoms with van der Waals surface area (Å²) < 4.78 is 4.86. The highest BCUT2D eigenvalue weighted by molar-refractivity contribution is 6.34. The molecule has 0 radical (unpaired) electrons. The lowest BCUT2D eigenvalue weighted by molar-refractivity contribution is 0.0932. The molecule has 1 aromatic carbocycles. The van der Waals surface area contributed by atoms with Crippen LogP contribution in [0.5, 0.6) is 0 Å². The Hall–Kier alpha value is -1.65. The molecule has 0 aliphatic carbocycles. The number of rotatable bonds is 4. The second-order valence-corrected chi connectivity index (χ2v) is 4.13. The van der Waals surface area contributed by atoms with Crippen LogP contribution in [0.1, 0.15) is 10.5 Å². The van der Waals surface area contributed by atoms with Gasteiger partial charge < -0.3 is 10.1 Å². The number of aromatic nitrogens is 1. The van der Waals surface area contributed by atoms with Crippen molar-refractivity contribution in [3.63, 3.8) is 0 Å². The van der Waals surface area contributed by atoms with Gasteiger partial charge in [-0.15, -0.1) is 0 Å². The van der Waals surface area contributed by atoms with E-state index in [2.05, 4.69) is 10.3 Å². The Labute approximate surface area is 110 Å². The Morgan fingerprint density at radius 2 is 2.22 bits per heavy atom. The maximum absolute atomic E-state index is 11.8. The number of nitrogens with zero attached hydrogens (tertiary/aromatic N) is 1. The molecule has 1 N–H and O–H groups in total. The molecule has 0 aliphatic rings. The zero-order valence-electron chi connectivity index (χ0n) is 9.94. The number of fused-ring (bicyclic) bond motifs is 1. The molecule has 0 fully saturated rings. The van der Waals surface area contributed by atoms with Crippen LogP contribution in [0.4, 0.5) is 0 Å². The van der Waals surface area contributed by atoms with Gasteiger partial charge in [-0.05, 0) is 11.5 Å². The summed E-state index contributed by atoms with van der Waals surface area (Å²) in [6, 6.07) is 9.27. The first-order valence-corrected chi connectivity index (χ1v) is 5.92. The highest BCUT2D eigenvalue weighted by Crippen LogP contribution is 2.22. The van der Waals surface area contributed by atoms with Crippen LogP contribution in [0.15, 0.2) is 30.3 Å². The zero-order valence-corrected chi connectivity index (χ0v) is 10.7. The maximum atomic E-state index is 11.8.